The van der Waals surface area contributed by atoms with Crippen molar-refractivity contribution in [3.8, 4) is 39.4 Å². The molecule has 0 unspecified atom stereocenters. The normalized spacial score (nSPS) is 12.0. The van der Waals surface area contributed by atoms with Crippen molar-refractivity contribution < 1.29 is 40.3 Å². The van der Waals surface area contributed by atoms with Gasteiger partial charge in [0, 0.05) is 5.56 Å². The first-order valence-electron chi connectivity index (χ1n) is 9.22. The molecular weight excluding hydrogens is 528 g/mol. The summed E-state index contributed by atoms with van der Waals surface area (Å²) in [7, 11) is -3.67. The summed E-state index contributed by atoms with van der Waals surface area (Å²) in [5.41, 5.74) is 0.0946. The van der Waals surface area contributed by atoms with E-state index < -0.39 is 23.8 Å². The summed E-state index contributed by atoms with van der Waals surface area (Å²) in [6.07, 6.45) is -4.66. The summed E-state index contributed by atoms with van der Waals surface area (Å²) >= 11 is 6.51. The molecule has 5 rings (SSSR count). The van der Waals surface area contributed by atoms with E-state index in [9.17, 15) is 26.1 Å². The molecule has 0 radical (unpaired) electrons. The Morgan fingerprint density at radius 1 is 0.971 bits per heavy atom. The highest BCUT2D eigenvalue weighted by atomic mass is 35.5. The Morgan fingerprint density at radius 3 is 2.26 bits per heavy atom. The number of alkyl halides is 3. The fourth-order valence-electron chi connectivity index (χ4n) is 2.93. The standard InChI is InChI=1S/C19H10ClF3N4O2S.BF3.FH/c20-15-14(19(21,22)23)24-18(30-15)17-25-16(26-27(17)11-4-2-1-3-5-11)10-6-7-12-13(8-10)29-9-28-12;2-1(3)4;/h1-8H,9H2;;1H/p-1. The predicted molar refractivity (Wildman–Crippen MR) is 113 cm³/mol. The van der Waals surface area contributed by atoms with E-state index in [1.165, 1.54) is 4.68 Å². The van der Waals surface area contributed by atoms with Gasteiger partial charge in [0.15, 0.2) is 33.8 Å². The Balaban J connectivity index is 0.000000638. The van der Waals surface area contributed by atoms with Gasteiger partial charge in [-0.25, -0.2) is 14.6 Å². The van der Waals surface area contributed by atoms with Crippen LogP contribution in [0.3, 0.4) is 0 Å². The van der Waals surface area contributed by atoms with E-state index in [1.54, 1.807) is 42.5 Å². The topological polar surface area (TPSA) is 62.1 Å². The molecule has 3 heterocycles. The molecule has 0 atom stereocenters. The number of hydrogen-bond donors (Lipinski definition) is 0. The second-order valence-electron chi connectivity index (χ2n) is 6.46. The summed E-state index contributed by atoms with van der Waals surface area (Å²) in [6.45, 7) is 0.119. The second-order valence-corrected chi connectivity index (χ2v) is 8.06. The fraction of sp³-hybridized carbons (Fsp3) is 0.105. The number of hydrogen-bond acceptors (Lipinski definition) is 6. The summed E-state index contributed by atoms with van der Waals surface area (Å²) in [4.78, 5) is 8.16. The first kappa shape index (κ1) is 26.3. The minimum Gasteiger partial charge on any atom is -1.00 e. The lowest BCUT2D eigenvalue weighted by molar-refractivity contribution is -0.140. The first-order chi connectivity index (χ1) is 16.1. The quantitative estimate of drug-likeness (QED) is 0.296. The zero-order valence-electron chi connectivity index (χ0n) is 16.9. The molecule has 0 saturated carbocycles. The van der Waals surface area contributed by atoms with E-state index in [2.05, 4.69) is 15.1 Å². The van der Waals surface area contributed by atoms with E-state index in [1.807, 2.05) is 6.07 Å². The SMILES string of the molecule is FB(F)F.FC(F)(F)c1nc(-c2nc(-c3ccc4c(c3)OCO4)nn2-c2ccccc2)sc1Cl.[F-]. The van der Waals surface area contributed by atoms with Crippen molar-refractivity contribution in [2.24, 2.45) is 0 Å². The highest BCUT2D eigenvalue weighted by Gasteiger charge is 2.38. The van der Waals surface area contributed by atoms with Gasteiger partial charge in [0.1, 0.15) is 4.34 Å². The molecule has 0 fully saturated rings. The molecule has 184 valence electrons. The highest BCUT2D eigenvalue weighted by molar-refractivity contribution is 7.19. The van der Waals surface area contributed by atoms with Crippen molar-refractivity contribution in [1.82, 2.24) is 19.7 Å². The number of rotatable bonds is 3. The van der Waals surface area contributed by atoms with Crippen molar-refractivity contribution in [3.05, 3.63) is 58.6 Å². The van der Waals surface area contributed by atoms with Crippen molar-refractivity contribution in [1.29, 1.82) is 0 Å². The molecule has 0 aliphatic carbocycles. The first-order valence-corrected chi connectivity index (χ1v) is 10.4. The lowest BCUT2D eigenvalue weighted by Gasteiger charge is -2.03. The Labute approximate surface area is 201 Å². The largest absolute Gasteiger partial charge is 1.00 e. The van der Waals surface area contributed by atoms with Crippen LogP contribution < -0.4 is 14.2 Å². The van der Waals surface area contributed by atoms with Crippen LogP contribution in [0.2, 0.25) is 4.34 Å². The Morgan fingerprint density at radius 2 is 1.63 bits per heavy atom. The maximum absolute atomic E-state index is 13.2. The minimum atomic E-state index is -4.66. The van der Waals surface area contributed by atoms with Gasteiger partial charge in [-0.15, -0.1) is 5.10 Å². The zero-order chi connectivity index (χ0) is 24.5. The Hall–Kier alpha value is -3.33. The van der Waals surface area contributed by atoms with Gasteiger partial charge < -0.3 is 14.2 Å². The summed E-state index contributed by atoms with van der Waals surface area (Å²) < 4.78 is 80.2. The molecule has 0 amide bonds. The molecule has 1 aliphatic rings. The van der Waals surface area contributed by atoms with Gasteiger partial charge in [-0.3, -0.25) is 12.9 Å². The minimum absolute atomic E-state index is 0. The van der Waals surface area contributed by atoms with Crippen LogP contribution in [0.15, 0.2) is 48.5 Å². The van der Waals surface area contributed by atoms with Crippen molar-refractivity contribution in [3.63, 3.8) is 0 Å². The van der Waals surface area contributed by atoms with Crippen LogP contribution in [-0.4, -0.2) is 34.1 Å². The molecule has 0 spiro atoms. The summed E-state index contributed by atoms with van der Waals surface area (Å²) in [5, 5.41) is 4.52. The maximum atomic E-state index is 13.2. The number of nitrogens with zero attached hydrogens (tertiary/aromatic N) is 4. The van der Waals surface area contributed by atoms with Gasteiger partial charge in [-0.05, 0) is 30.3 Å². The van der Waals surface area contributed by atoms with Crippen LogP contribution in [0, 0.1) is 0 Å². The van der Waals surface area contributed by atoms with Crippen LogP contribution in [0.25, 0.3) is 27.9 Å². The number of ether oxygens (including phenoxy) is 2. The molecule has 6 nitrogen and oxygen atoms in total. The van der Waals surface area contributed by atoms with Crippen molar-refractivity contribution in [2.75, 3.05) is 6.79 Å². The van der Waals surface area contributed by atoms with Gasteiger partial charge in [-0.1, -0.05) is 41.1 Å². The molecule has 35 heavy (non-hydrogen) atoms. The average molecular weight is 538 g/mol. The predicted octanol–water partition coefficient (Wildman–Crippen LogP) is 3.34. The molecule has 4 aromatic rings. The van der Waals surface area contributed by atoms with Crippen LogP contribution in [0.5, 0.6) is 11.5 Å². The molecule has 0 N–H and O–H groups in total. The van der Waals surface area contributed by atoms with Crippen LogP contribution in [0.4, 0.5) is 26.1 Å². The van der Waals surface area contributed by atoms with E-state index in [4.69, 9.17) is 21.1 Å². The number of benzene rings is 2. The monoisotopic (exact) mass is 537 g/mol. The van der Waals surface area contributed by atoms with Gasteiger partial charge in [0.2, 0.25) is 6.79 Å². The Kier molecular flexibility index (Phi) is 7.90. The highest BCUT2D eigenvalue weighted by Crippen LogP contribution is 2.41. The van der Waals surface area contributed by atoms with Gasteiger partial charge in [0.05, 0.1) is 5.69 Å². The van der Waals surface area contributed by atoms with E-state index in [-0.39, 0.29) is 22.3 Å². The van der Waals surface area contributed by atoms with Gasteiger partial charge in [-0.2, -0.15) is 13.2 Å². The lowest BCUT2D eigenvalue weighted by atomic mass is 10.2. The van der Waals surface area contributed by atoms with Gasteiger partial charge >= 0.3 is 13.7 Å². The molecule has 0 saturated heterocycles. The number of thiazole rings is 1. The molecule has 0 bridgehead atoms. The summed E-state index contributed by atoms with van der Waals surface area (Å²) in [6, 6.07) is 14.1. The molecule has 1 aliphatic heterocycles. The Bertz CT molecular complexity index is 1300. The maximum Gasteiger partial charge on any atom is 0.762 e. The average Bonchev–Trinajstić information content (AvgIpc) is 3.50. The van der Waals surface area contributed by atoms with Crippen LogP contribution >= 0.6 is 22.9 Å². The number of fused-ring (bicyclic) bond motifs is 1. The third-order valence-corrected chi connectivity index (χ3v) is 5.53. The van der Waals surface area contributed by atoms with Crippen molar-refractivity contribution in [2.45, 2.75) is 6.18 Å². The third kappa shape index (κ3) is 5.85. The summed E-state index contributed by atoms with van der Waals surface area (Å²) in [5.74, 6) is 1.59. The number of halogens is 8. The zero-order valence-corrected chi connectivity index (χ0v) is 18.5. The lowest BCUT2D eigenvalue weighted by Crippen LogP contribution is -3.00. The molecule has 2 aromatic heterocycles. The molecular formula is C19H10BClF7N4O2S-. The smallest absolute Gasteiger partial charge is 0.762 e. The number of para-hydroxylation sites is 1. The second kappa shape index (κ2) is 10.5. The number of aromatic nitrogens is 4. The van der Waals surface area contributed by atoms with Crippen LogP contribution in [-0.2, 0) is 6.18 Å². The van der Waals surface area contributed by atoms with E-state index in [0.29, 0.717) is 39.9 Å². The fourth-order valence-corrected chi connectivity index (χ4v) is 4.09. The van der Waals surface area contributed by atoms with Gasteiger partial charge in [0.25, 0.3) is 0 Å². The molecule has 16 heteroatoms. The van der Waals surface area contributed by atoms with Crippen LogP contribution in [0.1, 0.15) is 5.69 Å². The van der Waals surface area contributed by atoms with Crippen molar-refractivity contribution >= 4 is 30.5 Å². The molecule has 2 aromatic carbocycles. The van der Waals surface area contributed by atoms with E-state index >= 15 is 0 Å². The third-order valence-electron chi connectivity index (χ3n) is 4.28. The van der Waals surface area contributed by atoms with E-state index in [0.717, 1.165) is 0 Å².